The van der Waals surface area contributed by atoms with Gasteiger partial charge in [0.25, 0.3) is 11.8 Å². The van der Waals surface area contributed by atoms with E-state index in [0.717, 1.165) is 71.2 Å². The molecule has 0 spiro atoms. The summed E-state index contributed by atoms with van der Waals surface area (Å²) in [4.78, 5) is 28.3. The fourth-order valence-corrected chi connectivity index (χ4v) is 8.18. The van der Waals surface area contributed by atoms with Crippen molar-refractivity contribution in [2.75, 3.05) is 4.90 Å². The average molecular weight is 669 g/mol. The number of amides is 2. The smallest absolute Gasteiger partial charge is 0.266 e. The van der Waals surface area contributed by atoms with Gasteiger partial charge in [-0.1, -0.05) is 66.7 Å². The Hall–Kier alpha value is -7.43. The molecule has 7 heteroatoms. The first-order chi connectivity index (χ1) is 25.6. The molecule has 0 aliphatic carbocycles. The normalized spacial score (nSPS) is 13.0. The van der Waals surface area contributed by atoms with Crippen molar-refractivity contribution in [3.63, 3.8) is 0 Å². The minimum Gasteiger partial charge on any atom is -0.456 e. The van der Waals surface area contributed by atoms with Gasteiger partial charge in [0.05, 0.1) is 50.1 Å². The Labute approximate surface area is 295 Å². The van der Waals surface area contributed by atoms with Crippen molar-refractivity contribution in [3.05, 3.63) is 162 Å². The lowest BCUT2D eigenvalue weighted by Gasteiger charge is -2.17. The summed E-state index contributed by atoms with van der Waals surface area (Å²) >= 11 is 0. The third-order valence-corrected chi connectivity index (χ3v) is 10.5. The van der Waals surface area contributed by atoms with E-state index in [0.29, 0.717) is 28.1 Å². The van der Waals surface area contributed by atoms with E-state index in [1.165, 1.54) is 4.90 Å². The third kappa shape index (κ3) is 3.72. The van der Waals surface area contributed by atoms with Crippen LogP contribution in [-0.2, 0) is 0 Å². The molecule has 1 aliphatic heterocycles. The number of para-hydroxylation sites is 3. The Balaban J connectivity index is 1.20. The molecule has 1 aliphatic rings. The van der Waals surface area contributed by atoms with E-state index in [9.17, 15) is 14.9 Å². The lowest BCUT2D eigenvalue weighted by molar-refractivity contribution is 0.0926. The third-order valence-electron chi connectivity index (χ3n) is 10.5. The molecule has 242 valence electrons. The van der Waals surface area contributed by atoms with Crippen LogP contribution in [0.3, 0.4) is 0 Å². The maximum absolute atomic E-state index is 13.5. The largest absolute Gasteiger partial charge is 0.456 e. The highest BCUT2D eigenvalue weighted by Crippen LogP contribution is 2.42. The van der Waals surface area contributed by atoms with Crippen LogP contribution in [0.25, 0.3) is 76.9 Å². The maximum atomic E-state index is 13.5. The van der Waals surface area contributed by atoms with Crippen LogP contribution in [0.1, 0.15) is 26.3 Å². The highest BCUT2D eigenvalue weighted by atomic mass is 16.3. The summed E-state index contributed by atoms with van der Waals surface area (Å²) in [6.07, 6.45) is 0. The molecule has 7 aromatic carbocycles. The van der Waals surface area contributed by atoms with Crippen molar-refractivity contribution in [1.29, 1.82) is 5.26 Å². The van der Waals surface area contributed by atoms with Crippen molar-refractivity contribution in [2.24, 2.45) is 0 Å². The second-order valence-electron chi connectivity index (χ2n) is 13.2. The first-order valence-corrected chi connectivity index (χ1v) is 17.0. The Morgan fingerprint density at radius 2 is 1.04 bits per heavy atom. The van der Waals surface area contributed by atoms with Gasteiger partial charge >= 0.3 is 0 Å². The van der Waals surface area contributed by atoms with Crippen LogP contribution < -0.4 is 4.90 Å². The van der Waals surface area contributed by atoms with E-state index in [1.54, 1.807) is 42.5 Å². The van der Waals surface area contributed by atoms with Crippen molar-refractivity contribution >= 4 is 83.1 Å². The van der Waals surface area contributed by atoms with Gasteiger partial charge in [0.15, 0.2) is 0 Å². The fraction of sp³-hybridized carbons (Fsp3) is 0. The number of anilines is 1. The molecular weight excluding hydrogens is 645 g/mol. The van der Waals surface area contributed by atoms with Gasteiger partial charge in [-0.2, -0.15) is 5.26 Å². The Morgan fingerprint density at radius 3 is 1.75 bits per heavy atom. The molecule has 0 saturated carbocycles. The van der Waals surface area contributed by atoms with Crippen LogP contribution in [0.4, 0.5) is 5.69 Å². The van der Waals surface area contributed by atoms with Gasteiger partial charge in [0.2, 0.25) is 0 Å². The number of imide groups is 1. The zero-order chi connectivity index (χ0) is 34.7. The number of hydrogen-bond donors (Lipinski definition) is 0. The van der Waals surface area contributed by atoms with Crippen LogP contribution in [0, 0.1) is 11.3 Å². The molecule has 7 nitrogen and oxygen atoms in total. The van der Waals surface area contributed by atoms with Gasteiger partial charge in [-0.15, -0.1) is 0 Å². The molecule has 52 heavy (non-hydrogen) atoms. The summed E-state index contributed by atoms with van der Waals surface area (Å²) in [7, 11) is 0. The number of fused-ring (bicyclic) bond motifs is 10. The first-order valence-electron chi connectivity index (χ1n) is 17.0. The summed E-state index contributed by atoms with van der Waals surface area (Å²) in [5, 5.41) is 16.8. The zero-order valence-electron chi connectivity index (χ0n) is 27.4. The fourth-order valence-electron chi connectivity index (χ4n) is 8.18. The summed E-state index contributed by atoms with van der Waals surface area (Å²) in [5.74, 6) is -0.765. The Morgan fingerprint density at radius 1 is 0.462 bits per heavy atom. The van der Waals surface area contributed by atoms with E-state index in [2.05, 4.69) is 75.9 Å². The molecule has 11 rings (SSSR count). The SMILES string of the molecule is N#Cc1ccc(N2C(=O)c3ccccc3C2=O)cc1-n1c2ccccc2c2cc3c4ccccc4n(-c4ccc5oc6ccccc6c5c4)c3cc21. The lowest BCUT2D eigenvalue weighted by atomic mass is 10.1. The van der Waals surface area contributed by atoms with Gasteiger partial charge in [-0.25, -0.2) is 4.90 Å². The lowest BCUT2D eigenvalue weighted by Crippen LogP contribution is -2.29. The molecule has 4 heterocycles. The molecule has 0 fully saturated rings. The van der Waals surface area contributed by atoms with E-state index in [4.69, 9.17) is 4.42 Å². The van der Waals surface area contributed by atoms with Crippen molar-refractivity contribution in [1.82, 2.24) is 9.13 Å². The summed E-state index contributed by atoms with van der Waals surface area (Å²) in [5.41, 5.74) is 8.68. The molecule has 3 aromatic heterocycles. The number of rotatable bonds is 3. The molecule has 0 atom stereocenters. The predicted octanol–water partition coefficient (Wildman–Crippen LogP) is 10.5. The van der Waals surface area contributed by atoms with Crippen molar-refractivity contribution in [2.45, 2.75) is 0 Å². The molecule has 10 aromatic rings. The van der Waals surface area contributed by atoms with Crippen molar-refractivity contribution < 1.29 is 14.0 Å². The van der Waals surface area contributed by atoms with Crippen LogP contribution in [0.5, 0.6) is 0 Å². The zero-order valence-corrected chi connectivity index (χ0v) is 27.4. The van der Waals surface area contributed by atoms with Gasteiger partial charge in [0.1, 0.15) is 17.2 Å². The molecular formula is C45H24N4O3. The molecule has 0 N–H and O–H groups in total. The summed E-state index contributed by atoms with van der Waals surface area (Å²) in [6.45, 7) is 0. The van der Waals surface area contributed by atoms with E-state index >= 15 is 0 Å². The number of nitrogens with zero attached hydrogens (tertiary/aromatic N) is 4. The van der Waals surface area contributed by atoms with E-state index < -0.39 is 0 Å². The number of carbonyl (C=O) groups excluding carboxylic acids is 2. The van der Waals surface area contributed by atoms with E-state index in [-0.39, 0.29) is 11.8 Å². The molecule has 0 saturated heterocycles. The minimum atomic E-state index is -0.382. The van der Waals surface area contributed by atoms with Gasteiger partial charge in [-0.05, 0) is 78.9 Å². The highest BCUT2D eigenvalue weighted by molar-refractivity contribution is 6.34. The summed E-state index contributed by atoms with van der Waals surface area (Å²) < 4.78 is 10.5. The van der Waals surface area contributed by atoms with Gasteiger partial charge in [-0.3, -0.25) is 9.59 Å². The number of benzene rings is 7. The Kier molecular flexibility index (Phi) is 5.63. The summed E-state index contributed by atoms with van der Waals surface area (Å²) in [6, 6.07) is 49.8. The predicted molar refractivity (Wildman–Crippen MR) is 205 cm³/mol. The first kappa shape index (κ1) is 28.4. The Bertz CT molecular complexity index is 3230. The van der Waals surface area contributed by atoms with Crippen LogP contribution in [-0.4, -0.2) is 20.9 Å². The number of nitriles is 1. The van der Waals surface area contributed by atoms with Crippen LogP contribution in [0.15, 0.2) is 150 Å². The number of furan rings is 1. The highest BCUT2D eigenvalue weighted by Gasteiger charge is 2.36. The molecule has 0 radical (unpaired) electrons. The van der Waals surface area contributed by atoms with Crippen LogP contribution in [0.2, 0.25) is 0 Å². The quantitative estimate of drug-likeness (QED) is 0.175. The molecule has 0 unspecified atom stereocenters. The number of aromatic nitrogens is 2. The van der Waals surface area contributed by atoms with Crippen molar-refractivity contribution in [3.8, 4) is 17.4 Å². The number of hydrogen-bond acceptors (Lipinski definition) is 4. The standard InChI is InChI=1S/C45H24N4O3/c46-25-26-17-18-28(48-44(50)32-12-1-2-13-33(32)45(48)51)22-39(26)49-38-15-7-4-10-30(38)35-23-34-29-9-3-6-14-37(29)47(40(34)24-41(35)49)27-19-20-43-36(21-27)31-11-5-8-16-42(31)52-43/h1-24H. The molecule has 2 amide bonds. The maximum Gasteiger partial charge on any atom is 0.266 e. The number of carbonyl (C=O) groups is 2. The topological polar surface area (TPSA) is 84.2 Å². The van der Waals surface area contributed by atoms with Gasteiger partial charge in [0, 0.05) is 38.0 Å². The average Bonchev–Trinajstić information content (AvgIpc) is 3.90. The second-order valence-corrected chi connectivity index (χ2v) is 13.2. The monoisotopic (exact) mass is 668 g/mol. The van der Waals surface area contributed by atoms with Gasteiger partial charge < -0.3 is 13.6 Å². The molecule has 0 bridgehead atoms. The minimum absolute atomic E-state index is 0.368. The van der Waals surface area contributed by atoms with E-state index in [1.807, 2.05) is 42.5 Å². The second kappa shape index (κ2) is 10.3. The van der Waals surface area contributed by atoms with Crippen LogP contribution >= 0.6 is 0 Å².